The van der Waals surface area contributed by atoms with E-state index in [1.807, 2.05) is 6.92 Å². The maximum atomic E-state index is 12.3. The third-order valence-corrected chi connectivity index (χ3v) is 4.62. The molecule has 0 aliphatic carbocycles. The molecule has 112 valence electrons. The molecule has 3 rings (SSSR count). The second kappa shape index (κ2) is 5.42. The van der Waals surface area contributed by atoms with E-state index in [2.05, 4.69) is 16.0 Å². The van der Waals surface area contributed by atoms with Crippen LogP contribution >= 0.6 is 0 Å². The van der Waals surface area contributed by atoms with Gasteiger partial charge in [-0.25, -0.2) is 0 Å². The van der Waals surface area contributed by atoms with Crippen LogP contribution in [-0.4, -0.2) is 28.2 Å². The largest absolute Gasteiger partial charge is 0.379 e. The number of aryl methyl sites for hydroxylation is 1. The molecule has 0 saturated carbocycles. The van der Waals surface area contributed by atoms with Crippen LogP contribution in [0.2, 0.25) is 0 Å². The fourth-order valence-corrected chi connectivity index (χ4v) is 3.21. The molecule has 1 aromatic rings. The van der Waals surface area contributed by atoms with E-state index in [9.17, 15) is 8.42 Å². The van der Waals surface area contributed by atoms with Crippen LogP contribution < -0.4 is 16.0 Å². The summed E-state index contributed by atoms with van der Waals surface area (Å²) in [5.74, 6) is 1.20. The minimum Gasteiger partial charge on any atom is -0.379 e. The van der Waals surface area contributed by atoms with Crippen molar-refractivity contribution in [2.75, 3.05) is 19.8 Å². The molecule has 0 aromatic heterocycles. The van der Waals surface area contributed by atoms with Crippen molar-refractivity contribution in [2.24, 2.45) is 0 Å². The molecule has 0 atom stereocenters. The zero-order chi connectivity index (χ0) is 14.9. The Morgan fingerprint density at radius 1 is 1.14 bits per heavy atom. The van der Waals surface area contributed by atoms with Gasteiger partial charge < -0.3 is 14.8 Å². The number of nitrogens with one attached hydrogen (secondary N) is 3. The Balaban J connectivity index is 1.87. The van der Waals surface area contributed by atoms with Gasteiger partial charge in [0.25, 0.3) is 0 Å². The Morgan fingerprint density at radius 2 is 1.90 bits per heavy atom. The van der Waals surface area contributed by atoms with Crippen LogP contribution in [0.1, 0.15) is 5.56 Å². The van der Waals surface area contributed by atoms with E-state index >= 15 is 0 Å². The summed E-state index contributed by atoms with van der Waals surface area (Å²) in [5, 5.41) is 9.41. The standard InChI is InChI=1S/C14H17N3O3S/c1-10-2-4-11(5-3-10)21(18,19)20-13-6-7-16-14-12(13)8-15-9-17-14/h2-6,15-17H,7-9H2,1H3. The average Bonchev–Trinajstić information content (AvgIpc) is 2.48. The molecular formula is C14H17N3O3S. The van der Waals surface area contributed by atoms with E-state index in [0.717, 1.165) is 17.0 Å². The van der Waals surface area contributed by atoms with Crippen LogP contribution in [0.15, 0.2) is 52.4 Å². The van der Waals surface area contributed by atoms with Crippen LogP contribution in [-0.2, 0) is 14.3 Å². The lowest BCUT2D eigenvalue weighted by Gasteiger charge is -2.28. The quantitative estimate of drug-likeness (QED) is 0.708. The van der Waals surface area contributed by atoms with E-state index < -0.39 is 10.1 Å². The van der Waals surface area contributed by atoms with Crippen LogP contribution in [0.5, 0.6) is 0 Å². The molecule has 0 bridgehead atoms. The summed E-state index contributed by atoms with van der Waals surface area (Å²) in [6.45, 7) is 3.64. The summed E-state index contributed by atoms with van der Waals surface area (Å²) in [4.78, 5) is 0.159. The summed E-state index contributed by atoms with van der Waals surface area (Å²) < 4.78 is 30.0. The number of hydrogen-bond acceptors (Lipinski definition) is 6. The van der Waals surface area contributed by atoms with Crippen LogP contribution in [0.4, 0.5) is 0 Å². The van der Waals surface area contributed by atoms with E-state index in [4.69, 9.17) is 4.18 Å². The molecule has 0 unspecified atom stereocenters. The predicted molar refractivity (Wildman–Crippen MR) is 78.6 cm³/mol. The maximum absolute atomic E-state index is 12.3. The lowest BCUT2D eigenvalue weighted by Crippen LogP contribution is -2.44. The fourth-order valence-electron chi connectivity index (χ4n) is 2.24. The first-order valence-corrected chi connectivity index (χ1v) is 8.10. The van der Waals surface area contributed by atoms with Gasteiger partial charge in [0.05, 0.1) is 6.67 Å². The second-order valence-corrected chi connectivity index (χ2v) is 6.48. The molecule has 2 aliphatic heterocycles. The second-order valence-electron chi connectivity index (χ2n) is 4.93. The van der Waals surface area contributed by atoms with Crippen molar-refractivity contribution < 1.29 is 12.6 Å². The van der Waals surface area contributed by atoms with E-state index in [0.29, 0.717) is 25.5 Å². The normalized spacial score (nSPS) is 18.2. The zero-order valence-corrected chi connectivity index (χ0v) is 12.5. The first-order valence-electron chi connectivity index (χ1n) is 6.69. The SMILES string of the molecule is Cc1ccc(S(=O)(=O)OC2=CCNC3=C2CNCN3)cc1. The summed E-state index contributed by atoms with van der Waals surface area (Å²) in [6, 6.07) is 6.61. The van der Waals surface area contributed by atoms with Crippen molar-refractivity contribution in [3.63, 3.8) is 0 Å². The molecule has 0 radical (unpaired) electrons. The minimum absolute atomic E-state index is 0.159. The van der Waals surface area contributed by atoms with Gasteiger partial charge in [-0.2, -0.15) is 8.42 Å². The van der Waals surface area contributed by atoms with Gasteiger partial charge >= 0.3 is 10.1 Å². The Labute approximate surface area is 124 Å². The molecule has 0 fully saturated rings. The molecule has 2 heterocycles. The smallest absolute Gasteiger partial charge is 0.339 e. The number of benzene rings is 1. The highest BCUT2D eigenvalue weighted by Crippen LogP contribution is 2.24. The third-order valence-electron chi connectivity index (χ3n) is 3.37. The molecule has 7 heteroatoms. The van der Waals surface area contributed by atoms with Gasteiger partial charge in [-0.05, 0) is 25.1 Å². The lowest BCUT2D eigenvalue weighted by molar-refractivity contribution is 0.397. The lowest BCUT2D eigenvalue weighted by atomic mass is 10.1. The Kier molecular flexibility index (Phi) is 3.60. The molecular weight excluding hydrogens is 290 g/mol. The van der Waals surface area contributed by atoms with Gasteiger partial charge in [-0.3, -0.25) is 5.32 Å². The molecule has 3 N–H and O–H groups in total. The van der Waals surface area contributed by atoms with Gasteiger partial charge in [-0.1, -0.05) is 17.7 Å². The van der Waals surface area contributed by atoms with E-state index in [1.165, 1.54) is 0 Å². The van der Waals surface area contributed by atoms with Crippen LogP contribution in [0, 0.1) is 6.92 Å². The van der Waals surface area contributed by atoms with Crippen molar-refractivity contribution in [3.8, 4) is 0 Å². The van der Waals surface area contributed by atoms with Crippen LogP contribution in [0.25, 0.3) is 0 Å². The molecule has 0 saturated heterocycles. The van der Waals surface area contributed by atoms with E-state index in [1.54, 1.807) is 30.3 Å². The molecule has 1 aromatic carbocycles. The van der Waals surface area contributed by atoms with Crippen molar-refractivity contribution >= 4 is 10.1 Å². The van der Waals surface area contributed by atoms with Crippen molar-refractivity contribution in [1.82, 2.24) is 16.0 Å². The monoisotopic (exact) mass is 307 g/mol. The highest BCUT2D eigenvalue weighted by atomic mass is 32.2. The molecule has 0 amide bonds. The fraction of sp³-hybridized carbons (Fsp3) is 0.286. The molecule has 6 nitrogen and oxygen atoms in total. The van der Waals surface area contributed by atoms with Gasteiger partial charge in [0.2, 0.25) is 0 Å². The molecule has 0 spiro atoms. The number of dihydropyridines is 1. The first-order chi connectivity index (χ1) is 10.1. The topological polar surface area (TPSA) is 79.5 Å². The summed E-state index contributed by atoms with van der Waals surface area (Å²) >= 11 is 0. The van der Waals surface area contributed by atoms with Crippen molar-refractivity contribution in [3.05, 3.63) is 53.1 Å². The van der Waals surface area contributed by atoms with Gasteiger partial charge in [0.1, 0.15) is 16.5 Å². The maximum Gasteiger partial charge on any atom is 0.339 e. The highest BCUT2D eigenvalue weighted by Gasteiger charge is 2.25. The Hall–Kier alpha value is -1.99. The van der Waals surface area contributed by atoms with Crippen molar-refractivity contribution in [1.29, 1.82) is 0 Å². The Morgan fingerprint density at radius 3 is 2.67 bits per heavy atom. The third kappa shape index (κ3) is 2.88. The van der Waals surface area contributed by atoms with Crippen LogP contribution in [0.3, 0.4) is 0 Å². The van der Waals surface area contributed by atoms with E-state index in [-0.39, 0.29) is 4.90 Å². The molecule has 21 heavy (non-hydrogen) atoms. The van der Waals surface area contributed by atoms with Gasteiger partial charge in [-0.15, -0.1) is 0 Å². The molecule has 2 aliphatic rings. The summed E-state index contributed by atoms with van der Waals surface area (Å²) in [7, 11) is -3.81. The first kappa shape index (κ1) is 14.0. The summed E-state index contributed by atoms with van der Waals surface area (Å²) in [5.41, 5.74) is 1.80. The number of hydrogen-bond donors (Lipinski definition) is 3. The Bertz CT molecular complexity index is 705. The van der Waals surface area contributed by atoms with Gasteiger partial charge in [0, 0.05) is 18.7 Å². The minimum atomic E-state index is -3.81. The zero-order valence-electron chi connectivity index (χ0n) is 11.6. The summed E-state index contributed by atoms with van der Waals surface area (Å²) in [6.07, 6.45) is 1.74. The highest BCUT2D eigenvalue weighted by molar-refractivity contribution is 7.86. The van der Waals surface area contributed by atoms with Gasteiger partial charge in [0.15, 0.2) is 0 Å². The predicted octanol–water partition coefficient (Wildman–Crippen LogP) is 0.549. The van der Waals surface area contributed by atoms with Crippen molar-refractivity contribution in [2.45, 2.75) is 11.8 Å². The number of rotatable bonds is 3. The average molecular weight is 307 g/mol.